The predicted octanol–water partition coefficient (Wildman–Crippen LogP) is -4.73. The summed E-state index contributed by atoms with van der Waals surface area (Å²) in [6, 6.07) is -7.65. The van der Waals surface area contributed by atoms with Gasteiger partial charge in [-0.3, -0.25) is 43.3 Å². The number of hydrogen-bond acceptors (Lipinski definition) is 11. The van der Waals surface area contributed by atoms with Crippen LogP contribution >= 0.6 is 0 Å². The van der Waals surface area contributed by atoms with Crippen molar-refractivity contribution >= 4 is 53.4 Å². The summed E-state index contributed by atoms with van der Waals surface area (Å²) in [5.74, 6) is -10.1. The summed E-state index contributed by atoms with van der Waals surface area (Å²) in [6.07, 6.45) is -3.17. The van der Waals surface area contributed by atoms with Gasteiger partial charge in [0.05, 0.1) is 18.6 Å². The Balaban J connectivity index is 6.23. The second kappa shape index (κ2) is 21.7. The molecule has 0 bridgehead atoms. The molecule has 272 valence electrons. The highest BCUT2D eigenvalue weighted by Gasteiger charge is 2.34. The molecule has 0 aliphatic heterocycles. The summed E-state index contributed by atoms with van der Waals surface area (Å²) in [5.41, 5.74) is 16.6. The van der Waals surface area contributed by atoms with Crippen LogP contribution in [0.15, 0.2) is 4.99 Å². The van der Waals surface area contributed by atoms with E-state index in [9.17, 15) is 48.6 Å². The fourth-order valence-electron chi connectivity index (χ4n) is 3.95. The summed E-state index contributed by atoms with van der Waals surface area (Å²) in [7, 11) is 0. The fourth-order valence-corrected chi connectivity index (χ4v) is 3.95. The lowest BCUT2D eigenvalue weighted by Gasteiger charge is -2.27. The minimum absolute atomic E-state index is 0.0223. The first-order valence-corrected chi connectivity index (χ1v) is 14.9. The lowest BCUT2D eigenvalue weighted by Crippen LogP contribution is -2.60. The van der Waals surface area contributed by atoms with Gasteiger partial charge in [0, 0.05) is 13.0 Å². The van der Waals surface area contributed by atoms with Crippen molar-refractivity contribution in [1.29, 1.82) is 0 Å². The molecule has 21 nitrogen and oxygen atoms in total. The molecule has 0 rings (SSSR count). The SMILES string of the molecule is CC[C@H](C)[C@H](N)C(=O)N[C@@H](CCC(=O)O)C(=O)N[C@@H](CCCN=C(N)N)C(=O)N[C@@H](CC(=O)O)C(=O)N[C@H](C(=O)NCC(=O)O)[C@@H](C)O. The first kappa shape index (κ1) is 43.0. The van der Waals surface area contributed by atoms with Crippen LogP contribution in [0.1, 0.15) is 59.3 Å². The third-order valence-corrected chi connectivity index (χ3v) is 6.91. The molecule has 7 atom stereocenters. The molecule has 0 saturated carbocycles. The number of hydrogen-bond donors (Lipinski definition) is 12. The standard InChI is InChI=1S/C27H47N9O12/c1-4-12(2)20(28)25(47)34-15(7-8-17(38)39)23(45)33-14(6-5-9-31-27(29)30)22(44)35-16(10-18(40)41)24(46)36-21(13(3)37)26(48)32-11-19(42)43/h12-16,20-21,37H,4-11,28H2,1-3H3,(H,32,48)(H,33,45)(H,34,47)(H,35,44)(H,36,46)(H,38,39)(H,40,41)(H,42,43)(H4,29,30,31)/t12-,13+,14-,15-,16-,20-,21-/m0/s1. The van der Waals surface area contributed by atoms with Crippen LogP contribution in [0, 0.1) is 5.92 Å². The van der Waals surface area contributed by atoms with Gasteiger partial charge in [-0.2, -0.15) is 0 Å². The van der Waals surface area contributed by atoms with E-state index in [1.165, 1.54) is 0 Å². The highest BCUT2D eigenvalue weighted by atomic mass is 16.4. The van der Waals surface area contributed by atoms with Crippen LogP contribution in [0.3, 0.4) is 0 Å². The van der Waals surface area contributed by atoms with Crippen LogP contribution in [-0.4, -0.2) is 123 Å². The Hall–Kier alpha value is -5.05. The highest BCUT2D eigenvalue weighted by Crippen LogP contribution is 2.09. The average molecular weight is 690 g/mol. The maximum absolute atomic E-state index is 13.4. The molecule has 15 N–H and O–H groups in total. The predicted molar refractivity (Wildman–Crippen MR) is 167 cm³/mol. The van der Waals surface area contributed by atoms with Crippen molar-refractivity contribution in [3.05, 3.63) is 0 Å². The molecule has 0 spiro atoms. The molecule has 48 heavy (non-hydrogen) atoms. The topological polar surface area (TPSA) is 368 Å². The molecule has 0 aliphatic rings. The van der Waals surface area contributed by atoms with E-state index in [1.807, 2.05) is 5.32 Å². The van der Waals surface area contributed by atoms with Gasteiger partial charge >= 0.3 is 17.9 Å². The zero-order chi connectivity index (χ0) is 37.1. The Labute approximate surface area is 275 Å². The Morgan fingerprint density at radius 1 is 0.708 bits per heavy atom. The number of aliphatic carboxylic acids is 3. The molecule has 0 aromatic carbocycles. The van der Waals surface area contributed by atoms with Gasteiger partial charge < -0.3 is 64.2 Å². The Morgan fingerprint density at radius 2 is 1.23 bits per heavy atom. The van der Waals surface area contributed by atoms with Gasteiger partial charge in [0.1, 0.15) is 30.7 Å². The second-order valence-corrected chi connectivity index (χ2v) is 10.9. The smallest absolute Gasteiger partial charge is 0.322 e. The molecule has 0 aromatic heterocycles. The monoisotopic (exact) mass is 689 g/mol. The normalized spacial score (nSPS) is 15.1. The lowest BCUT2D eigenvalue weighted by atomic mass is 9.98. The summed E-state index contributed by atoms with van der Waals surface area (Å²) >= 11 is 0. The van der Waals surface area contributed by atoms with Gasteiger partial charge in [0.2, 0.25) is 29.5 Å². The zero-order valence-corrected chi connectivity index (χ0v) is 26.9. The number of aliphatic hydroxyl groups is 1. The van der Waals surface area contributed by atoms with Gasteiger partial charge in [-0.1, -0.05) is 20.3 Å². The molecule has 0 saturated heterocycles. The number of carbonyl (C=O) groups excluding carboxylic acids is 5. The first-order chi connectivity index (χ1) is 22.3. The van der Waals surface area contributed by atoms with E-state index >= 15 is 0 Å². The van der Waals surface area contributed by atoms with Crippen LogP contribution in [0.25, 0.3) is 0 Å². The number of carboxylic acids is 3. The average Bonchev–Trinajstić information content (AvgIpc) is 2.99. The Morgan fingerprint density at radius 3 is 1.71 bits per heavy atom. The fraction of sp³-hybridized carbons (Fsp3) is 0.667. The van der Waals surface area contributed by atoms with Crippen molar-refractivity contribution in [1.82, 2.24) is 26.6 Å². The van der Waals surface area contributed by atoms with Crippen LogP contribution in [0.4, 0.5) is 0 Å². The number of amides is 5. The third-order valence-electron chi connectivity index (χ3n) is 6.91. The molecule has 0 radical (unpaired) electrons. The number of carbonyl (C=O) groups is 8. The van der Waals surface area contributed by atoms with Crippen molar-refractivity contribution in [2.24, 2.45) is 28.1 Å². The second-order valence-electron chi connectivity index (χ2n) is 10.9. The minimum Gasteiger partial charge on any atom is -0.481 e. The van der Waals surface area contributed by atoms with E-state index in [0.29, 0.717) is 6.42 Å². The van der Waals surface area contributed by atoms with Crippen LogP contribution < -0.4 is 43.8 Å². The van der Waals surface area contributed by atoms with E-state index in [2.05, 4.69) is 26.3 Å². The van der Waals surface area contributed by atoms with Crippen LogP contribution in [0.5, 0.6) is 0 Å². The van der Waals surface area contributed by atoms with Gasteiger partial charge in [0.25, 0.3) is 0 Å². The van der Waals surface area contributed by atoms with Gasteiger partial charge in [0.15, 0.2) is 5.96 Å². The first-order valence-electron chi connectivity index (χ1n) is 14.9. The number of guanidine groups is 1. The molecule has 0 aromatic rings. The number of aliphatic hydroxyl groups excluding tert-OH is 1. The van der Waals surface area contributed by atoms with Gasteiger partial charge in [-0.25, -0.2) is 0 Å². The molecule has 0 fully saturated rings. The minimum atomic E-state index is -1.88. The van der Waals surface area contributed by atoms with Crippen molar-refractivity contribution in [3.63, 3.8) is 0 Å². The highest BCUT2D eigenvalue weighted by molar-refractivity contribution is 5.97. The van der Waals surface area contributed by atoms with Gasteiger partial charge in [-0.15, -0.1) is 0 Å². The number of nitrogens with zero attached hydrogens (tertiary/aromatic N) is 1. The summed E-state index contributed by atoms with van der Waals surface area (Å²) in [4.78, 5) is 102. The number of aliphatic imine (C=N–C) groups is 1. The summed E-state index contributed by atoms with van der Waals surface area (Å²) in [5, 5.41) is 48.3. The molecule has 21 heteroatoms. The van der Waals surface area contributed by atoms with E-state index in [0.717, 1.165) is 6.92 Å². The van der Waals surface area contributed by atoms with Crippen LogP contribution in [0.2, 0.25) is 0 Å². The maximum Gasteiger partial charge on any atom is 0.322 e. The summed E-state index contributed by atoms with van der Waals surface area (Å²) in [6.45, 7) is 3.70. The molecular formula is C27H47N9O12. The van der Waals surface area contributed by atoms with Crippen LogP contribution in [-0.2, 0) is 38.4 Å². The molecule has 0 heterocycles. The van der Waals surface area contributed by atoms with Crippen molar-refractivity contribution < 1.29 is 58.8 Å². The van der Waals surface area contributed by atoms with E-state index in [1.54, 1.807) is 13.8 Å². The van der Waals surface area contributed by atoms with E-state index in [-0.39, 0.29) is 31.3 Å². The van der Waals surface area contributed by atoms with E-state index < -0.39 is 110 Å². The number of carboxylic acid groups (broad SMARTS) is 3. The Bertz CT molecular complexity index is 1190. The maximum atomic E-state index is 13.4. The number of rotatable bonds is 23. The number of nitrogens with one attached hydrogen (secondary N) is 5. The third kappa shape index (κ3) is 17.0. The summed E-state index contributed by atoms with van der Waals surface area (Å²) < 4.78 is 0. The van der Waals surface area contributed by atoms with Crippen molar-refractivity contribution in [2.75, 3.05) is 13.1 Å². The largest absolute Gasteiger partial charge is 0.481 e. The Kier molecular flexibility index (Phi) is 19.4. The molecule has 0 aliphatic carbocycles. The molecule has 0 unspecified atom stereocenters. The number of nitrogens with two attached hydrogens (primary N) is 3. The van der Waals surface area contributed by atoms with E-state index in [4.69, 9.17) is 27.4 Å². The quantitative estimate of drug-likeness (QED) is 0.0272. The lowest BCUT2D eigenvalue weighted by molar-refractivity contribution is -0.142. The van der Waals surface area contributed by atoms with Crippen molar-refractivity contribution in [3.8, 4) is 0 Å². The molecular weight excluding hydrogens is 642 g/mol. The molecule has 5 amide bonds. The van der Waals surface area contributed by atoms with Crippen molar-refractivity contribution in [2.45, 2.75) is 95.6 Å². The zero-order valence-electron chi connectivity index (χ0n) is 26.9. The van der Waals surface area contributed by atoms with Gasteiger partial charge in [-0.05, 0) is 32.1 Å².